The number of carbonyl (C=O) groups excluding carboxylic acids is 1. The van der Waals surface area contributed by atoms with Crippen LogP contribution in [0, 0.1) is 0 Å². The number of esters is 1. The molecule has 202 valence electrons. The number of hydrogen-bond acceptors (Lipinski definition) is 8. The third-order valence-electron chi connectivity index (χ3n) is 6.58. The van der Waals surface area contributed by atoms with Gasteiger partial charge in [0.05, 0.1) is 35.6 Å². The van der Waals surface area contributed by atoms with E-state index in [1.54, 1.807) is 36.8 Å². The molecule has 0 unspecified atom stereocenters. The number of aromatic nitrogens is 1. The van der Waals surface area contributed by atoms with Crippen molar-refractivity contribution in [3.63, 3.8) is 0 Å². The summed E-state index contributed by atoms with van der Waals surface area (Å²) >= 11 is 4.82. The summed E-state index contributed by atoms with van der Waals surface area (Å²) in [5, 5.41) is 0. The Morgan fingerprint density at radius 2 is 1.93 bits per heavy atom. The minimum atomic E-state index is -0.809. The molecule has 0 N–H and O–H groups in total. The lowest BCUT2D eigenvalue weighted by molar-refractivity contribution is -0.138. The summed E-state index contributed by atoms with van der Waals surface area (Å²) in [4.78, 5) is 33.0. The largest absolute Gasteiger partial charge is 0.497 e. The van der Waals surface area contributed by atoms with Gasteiger partial charge in [-0.3, -0.25) is 9.36 Å². The molecular formula is C30H23BrN2O6S. The van der Waals surface area contributed by atoms with Gasteiger partial charge in [-0.2, -0.15) is 0 Å². The summed E-state index contributed by atoms with van der Waals surface area (Å²) in [6.45, 7) is 2.02. The van der Waals surface area contributed by atoms with Crippen LogP contribution in [0.5, 0.6) is 17.2 Å². The summed E-state index contributed by atoms with van der Waals surface area (Å²) < 4.78 is 24.9. The monoisotopic (exact) mass is 618 g/mol. The number of thiazole rings is 1. The van der Waals surface area contributed by atoms with Gasteiger partial charge >= 0.3 is 5.97 Å². The number of hydrogen-bond donors (Lipinski definition) is 0. The van der Waals surface area contributed by atoms with E-state index in [0.29, 0.717) is 37.8 Å². The number of carbonyl (C=O) groups is 1. The van der Waals surface area contributed by atoms with Crippen LogP contribution in [-0.4, -0.2) is 31.0 Å². The fourth-order valence-corrected chi connectivity index (χ4v) is 6.09. The van der Waals surface area contributed by atoms with Crippen molar-refractivity contribution in [2.75, 3.05) is 20.5 Å². The van der Waals surface area contributed by atoms with Gasteiger partial charge in [-0.05, 0) is 54.5 Å². The van der Waals surface area contributed by atoms with E-state index in [0.717, 1.165) is 15.6 Å². The van der Waals surface area contributed by atoms with E-state index in [4.69, 9.17) is 23.9 Å². The normalized spacial score (nSPS) is 16.0. The van der Waals surface area contributed by atoms with Crippen LogP contribution in [0.25, 0.3) is 11.8 Å². The van der Waals surface area contributed by atoms with Crippen LogP contribution in [0.4, 0.5) is 0 Å². The average molecular weight is 619 g/mol. The molecule has 3 heterocycles. The van der Waals surface area contributed by atoms with Crippen LogP contribution in [0.15, 0.2) is 86.6 Å². The van der Waals surface area contributed by atoms with E-state index in [1.807, 2.05) is 54.6 Å². The van der Waals surface area contributed by atoms with Crippen molar-refractivity contribution >= 4 is 45.0 Å². The van der Waals surface area contributed by atoms with Crippen molar-refractivity contribution < 1.29 is 23.7 Å². The van der Waals surface area contributed by atoms with E-state index >= 15 is 0 Å². The van der Waals surface area contributed by atoms with Gasteiger partial charge in [0.15, 0.2) is 16.3 Å². The number of ether oxygens (including phenoxy) is 4. The predicted octanol–water partition coefficient (Wildman–Crippen LogP) is 4.44. The maximum Gasteiger partial charge on any atom is 0.338 e. The number of fused-ring (bicyclic) bond motifs is 2. The Kier molecular flexibility index (Phi) is 7.03. The van der Waals surface area contributed by atoms with Crippen LogP contribution in [0.1, 0.15) is 29.7 Å². The fraction of sp³-hybridized carbons (Fsp3) is 0.167. The molecule has 0 saturated carbocycles. The SMILES string of the molecule is CCOC(=O)C1=C(c2ccccc2)N=c2s/c(=C/c3cc(OC)ccc3Br)c(=O)n2[C@@H]1c1ccc2c(c1)OCO2. The lowest BCUT2D eigenvalue weighted by atomic mass is 9.93. The first-order valence-corrected chi connectivity index (χ1v) is 14.1. The maximum atomic E-state index is 14.1. The highest BCUT2D eigenvalue weighted by molar-refractivity contribution is 9.10. The lowest BCUT2D eigenvalue weighted by Crippen LogP contribution is -2.40. The van der Waals surface area contributed by atoms with Crippen LogP contribution in [0.3, 0.4) is 0 Å². The molecule has 0 amide bonds. The first-order valence-electron chi connectivity index (χ1n) is 12.5. The lowest BCUT2D eigenvalue weighted by Gasteiger charge is -2.26. The molecule has 0 bridgehead atoms. The molecule has 40 heavy (non-hydrogen) atoms. The average Bonchev–Trinajstić information content (AvgIpc) is 3.57. The second-order valence-electron chi connectivity index (χ2n) is 8.93. The van der Waals surface area contributed by atoms with Crippen molar-refractivity contribution in [1.29, 1.82) is 0 Å². The molecular weight excluding hydrogens is 596 g/mol. The molecule has 4 aromatic rings. The van der Waals surface area contributed by atoms with E-state index in [-0.39, 0.29) is 24.5 Å². The van der Waals surface area contributed by atoms with Crippen molar-refractivity contribution in [3.05, 3.63) is 113 Å². The van der Waals surface area contributed by atoms with E-state index < -0.39 is 12.0 Å². The van der Waals surface area contributed by atoms with Crippen LogP contribution in [0.2, 0.25) is 0 Å². The summed E-state index contributed by atoms with van der Waals surface area (Å²) in [5.41, 5.74) is 2.63. The van der Waals surface area contributed by atoms with Crippen LogP contribution >= 0.6 is 27.3 Å². The van der Waals surface area contributed by atoms with Crippen molar-refractivity contribution in [1.82, 2.24) is 4.57 Å². The fourth-order valence-electron chi connectivity index (χ4n) is 4.74. The van der Waals surface area contributed by atoms with Crippen molar-refractivity contribution in [2.24, 2.45) is 4.99 Å². The Bertz CT molecular complexity index is 1840. The van der Waals surface area contributed by atoms with E-state index in [2.05, 4.69) is 15.9 Å². The molecule has 8 nitrogen and oxygen atoms in total. The summed E-state index contributed by atoms with van der Waals surface area (Å²) in [6.07, 6.45) is 1.80. The highest BCUT2D eigenvalue weighted by atomic mass is 79.9. The van der Waals surface area contributed by atoms with Crippen molar-refractivity contribution in [2.45, 2.75) is 13.0 Å². The first-order chi connectivity index (χ1) is 19.5. The molecule has 0 fully saturated rings. The number of benzene rings is 3. The summed E-state index contributed by atoms with van der Waals surface area (Å²) in [7, 11) is 1.59. The minimum Gasteiger partial charge on any atom is -0.497 e. The quantitative estimate of drug-likeness (QED) is 0.297. The predicted molar refractivity (Wildman–Crippen MR) is 154 cm³/mol. The highest BCUT2D eigenvalue weighted by Gasteiger charge is 2.36. The number of halogens is 1. The molecule has 1 aromatic heterocycles. The molecule has 3 aromatic carbocycles. The standard InChI is InChI=1S/C30H23BrN2O6S/c1-3-37-29(35)25-26(17-7-5-4-6-8-17)32-30-33(27(25)18-9-12-22-23(14-18)39-16-38-22)28(34)24(40-30)15-19-13-20(36-2)10-11-21(19)31/h4-15,27H,3,16H2,1-2H3/b24-15+/t27-/m1/s1. The number of methoxy groups -OCH3 is 1. The van der Waals surface area contributed by atoms with E-state index in [1.165, 1.54) is 11.3 Å². The molecule has 1 atom stereocenters. The highest BCUT2D eigenvalue weighted by Crippen LogP contribution is 2.40. The Morgan fingerprint density at radius 3 is 2.70 bits per heavy atom. The topological polar surface area (TPSA) is 88.4 Å². The molecule has 2 aliphatic rings. The van der Waals surface area contributed by atoms with Gasteiger partial charge in [-0.25, -0.2) is 9.79 Å². The second kappa shape index (κ2) is 10.8. The molecule has 6 rings (SSSR count). The molecule has 0 saturated heterocycles. The van der Waals surface area contributed by atoms with Gasteiger partial charge in [0.2, 0.25) is 6.79 Å². The molecule has 0 radical (unpaired) electrons. The van der Waals surface area contributed by atoms with Gasteiger partial charge in [0.1, 0.15) is 5.75 Å². The molecule has 0 aliphatic carbocycles. The van der Waals surface area contributed by atoms with Crippen molar-refractivity contribution in [3.8, 4) is 17.2 Å². The second-order valence-corrected chi connectivity index (χ2v) is 10.8. The Balaban J connectivity index is 1.65. The van der Waals surface area contributed by atoms with Gasteiger partial charge in [-0.1, -0.05) is 63.7 Å². The Morgan fingerprint density at radius 1 is 1.12 bits per heavy atom. The van der Waals surface area contributed by atoms with Gasteiger partial charge in [0, 0.05) is 10.0 Å². The maximum absolute atomic E-state index is 14.1. The Hall–Kier alpha value is -4.15. The third-order valence-corrected chi connectivity index (χ3v) is 8.28. The molecule has 10 heteroatoms. The third kappa shape index (κ3) is 4.63. The summed E-state index contributed by atoms with van der Waals surface area (Å²) in [6, 6.07) is 19.6. The zero-order valence-corrected chi connectivity index (χ0v) is 24.0. The molecule has 0 spiro atoms. The summed E-state index contributed by atoms with van der Waals surface area (Å²) in [5.74, 6) is 1.26. The number of rotatable bonds is 6. The van der Waals surface area contributed by atoms with Gasteiger partial charge in [0.25, 0.3) is 5.56 Å². The number of nitrogens with zero attached hydrogens (tertiary/aromatic N) is 2. The van der Waals surface area contributed by atoms with Gasteiger partial charge < -0.3 is 18.9 Å². The smallest absolute Gasteiger partial charge is 0.338 e. The first kappa shape index (κ1) is 26.1. The Labute approximate surface area is 241 Å². The molecule has 2 aliphatic heterocycles. The van der Waals surface area contributed by atoms with Crippen LogP contribution in [-0.2, 0) is 9.53 Å². The van der Waals surface area contributed by atoms with Crippen LogP contribution < -0.4 is 29.1 Å². The van der Waals surface area contributed by atoms with E-state index in [9.17, 15) is 9.59 Å². The minimum absolute atomic E-state index is 0.104. The van der Waals surface area contributed by atoms with Gasteiger partial charge in [-0.15, -0.1) is 0 Å². The zero-order valence-electron chi connectivity index (χ0n) is 21.5. The zero-order chi connectivity index (χ0) is 27.8.